The van der Waals surface area contributed by atoms with Crippen LogP contribution >= 0.6 is 0 Å². The maximum absolute atomic E-state index is 9.81. The first kappa shape index (κ1) is 15.8. The van der Waals surface area contributed by atoms with Crippen molar-refractivity contribution in [3.05, 3.63) is 0 Å². The van der Waals surface area contributed by atoms with E-state index in [2.05, 4.69) is 0 Å². The zero-order valence-electron chi connectivity index (χ0n) is 1.71. The summed E-state index contributed by atoms with van der Waals surface area (Å²) in [6, 6.07) is 0. The van der Waals surface area contributed by atoms with E-state index in [-0.39, 0.29) is 59.1 Å². The van der Waals surface area contributed by atoms with Gasteiger partial charge in [0.25, 0.3) is 0 Å². The van der Waals surface area contributed by atoms with Gasteiger partial charge in [-0.1, -0.05) is 0 Å². The van der Waals surface area contributed by atoms with E-state index in [1.807, 2.05) is 0 Å². The molecule has 0 aliphatic heterocycles. The summed E-state index contributed by atoms with van der Waals surface area (Å²) in [4.78, 5) is 0. The van der Waals surface area contributed by atoms with Crippen LogP contribution in [-0.2, 0) is 0 Å². The van der Waals surface area contributed by atoms with Crippen molar-refractivity contribution in [3.63, 3.8) is 0 Å². The van der Waals surface area contributed by atoms with Crippen LogP contribution < -0.4 is 0 Å². The van der Waals surface area contributed by atoms with Crippen molar-refractivity contribution < 1.29 is 10.6 Å². The Hall–Kier alpha value is 2.32. The van der Waals surface area contributed by atoms with Crippen molar-refractivity contribution in [2.45, 2.75) is 0 Å². The Morgan fingerprint density at radius 3 is 0.833 bits per heavy atom. The zero-order chi connectivity index (χ0) is 3.58. The molecule has 6 heavy (non-hydrogen) atoms. The van der Waals surface area contributed by atoms with Gasteiger partial charge in [0, 0.05) is 0 Å². The number of rotatable bonds is 0. The summed E-state index contributed by atoms with van der Waals surface area (Å²) < 4.78 is 29.4. The van der Waals surface area contributed by atoms with Gasteiger partial charge in [0.15, 0.2) is 0 Å². The average molecular weight is 132 g/mol. The van der Waals surface area contributed by atoms with Gasteiger partial charge in [0.05, 0.1) is 0 Å². The second-order valence-corrected chi connectivity index (χ2v) is 0.742. The molecule has 6 heteroatoms. The SMILES string of the molecule is [F][Al]([F])[F].[NaH].[NaH]. The van der Waals surface area contributed by atoms with Crippen LogP contribution in [0.15, 0.2) is 0 Å². The van der Waals surface area contributed by atoms with Gasteiger partial charge in [-0.2, -0.15) is 0 Å². The predicted octanol–water partition coefficient (Wildman–Crippen LogP) is -0.417. The van der Waals surface area contributed by atoms with Gasteiger partial charge in [-0.15, -0.1) is 0 Å². The molecule has 0 aromatic carbocycles. The molecule has 0 fully saturated rings. The minimum absolute atomic E-state index is 0. The molecule has 0 heterocycles. The van der Waals surface area contributed by atoms with Crippen LogP contribution in [0.5, 0.6) is 0 Å². The Morgan fingerprint density at radius 2 is 0.833 bits per heavy atom. The van der Waals surface area contributed by atoms with Crippen molar-refractivity contribution in [1.82, 2.24) is 0 Å². The van der Waals surface area contributed by atoms with Gasteiger partial charge in [0.1, 0.15) is 0 Å². The molecule has 0 atom stereocenters. The molecule has 0 radical (unpaired) electrons. The third-order valence-electron chi connectivity index (χ3n) is 0. The van der Waals surface area contributed by atoms with Gasteiger partial charge in [-0.05, 0) is 0 Å². The van der Waals surface area contributed by atoms with Crippen LogP contribution in [0.1, 0.15) is 0 Å². The van der Waals surface area contributed by atoms with E-state index in [0.29, 0.717) is 0 Å². The standard InChI is InChI=1S/Al.3FH.2Na.2H/h;3*1H;;;;/q+3;;;;;;;/p-3. The van der Waals surface area contributed by atoms with Gasteiger partial charge >= 0.3 is 74.6 Å². The molecule has 28 valence electrons. The summed E-state index contributed by atoms with van der Waals surface area (Å²) in [5.41, 5.74) is 0. The molecule has 0 aliphatic carbocycles. The molecule has 0 aromatic rings. The van der Waals surface area contributed by atoms with Crippen LogP contribution in [0.2, 0.25) is 0 Å². The Labute approximate surface area is 83.9 Å². The van der Waals surface area contributed by atoms with Crippen molar-refractivity contribution in [2.24, 2.45) is 0 Å². The van der Waals surface area contributed by atoms with E-state index in [9.17, 15) is 10.6 Å². The predicted molar refractivity (Wildman–Crippen MR) is 23.4 cm³/mol. The molecule has 0 aliphatic rings. The van der Waals surface area contributed by atoms with Crippen LogP contribution in [0.4, 0.5) is 10.6 Å². The van der Waals surface area contributed by atoms with Crippen LogP contribution in [-0.4, -0.2) is 74.6 Å². The summed E-state index contributed by atoms with van der Waals surface area (Å²) in [7, 11) is 0. The molecular formula is H2AlF3Na2. The zero-order valence-corrected chi connectivity index (χ0v) is 2.87. The first-order valence-electron chi connectivity index (χ1n) is 0.655. The van der Waals surface area contributed by atoms with E-state index in [1.54, 1.807) is 0 Å². The topological polar surface area (TPSA) is 0 Å². The van der Waals surface area contributed by atoms with Crippen molar-refractivity contribution >= 4 is 74.6 Å². The Balaban J connectivity index is -0.0000000450. The summed E-state index contributed by atoms with van der Waals surface area (Å²) in [6.07, 6.45) is 0. The number of hydrogen-bond donors (Lipinski definition) is 0. The molecule has 0 unspecified atom stereocenters. The van der Waals surface area contributed by atoms with Crippen molar-refractivity contribution in [3.8, 4) is 0 Å². The van der Waals surface area contributed by atoms with Gasteiger partial charge < -0.3 is 10.6 Å². The first-order valence-corrected chi connectivity index (χ1v) is 1.96. The first-order chi connectivity index (χ1) is 1.73. The molecule has 0 nitrogen and oxygen atoms in total. The van der Waals surface area contributed by atoms with E-state index >= 15 is 0 Å². The van der Waals surface area contributed by atoms with E-state index < -0.39 is 15.5 Å². The second kappa shape index (κ2) is 10.3. The fourth-order valence-corrected chi connectivity index (χ4v) is 0. The van der Waals surface area contributed by atoms with Crippen LogP contribution in [0.25, 0.3) is 0 Å². The number of halogens is 3. The van der Waals surface area contributed by atoms with Crippen LogP contribution in [0.3, 0.4) is 0 Å². The average Bonchev–Trinajstić information content (AvgIpc) is 0.811. The van der Waals surface area contributed by atoms with Gasteiger partial charge in [-0.3, -0.25) is 0 Å². The number of hydrogen-bond acceptors (Lipinski definition) is 0. The fraction of sp³-hybridized carbons (Fsp3) is 0. The minimum atomic E-state index is -4.64. The molecule has 0 amide bonds. The Bertz CT molecular complexity index is 13.5. The summed E-state index contributed by atoms with van der Waals surface area (Å²) >= 11 is -4.64. The maximum atomic E-state index is 9.81. The van der Waals surface area contributed by atoms with Gasteiger partial charge in [-0.25, -0.2) is 0 Å². The monoisotopic (exact) mass is 132 g/mol. The fourth-order valence-electron chi connectivity index (χ4n) is 0. The third kappa shape index (κ3) is 33.2. The van der Waals surface area contributed by atoms with E-state index in [1.165, 1.54) is 0 Å². The van der Waals surface area contributed by atoms with E-state index in [0.717, 1.165) is 0 Å². The van der Waals surface area contributed by atoms with Crippen molar-refractivity contribution in [1.29, 1.82) is 0 Å². The normalized spacial score (nSPS) is 4.50. The summed E-state index contributed by atoms with van der Waals surface area (Å²) in [6.45, 7) is 0. The molecular weight excluding hydrogens is 130 g/mol. The Kier molecular flexibility index (Phi) is 27.1. The third-order valence-corrected chi connectivity index (χ3v) is 0. The molecule has 0 aromatic heterocycles. The van der Waals surface area contributed by atoms with E-state index in [4.69, 9.17) is 0 Å². The molecule has 0 saturated heterocycles. The molecule has 0 N–H and O–H groups in total. The molecule has 0 spiro atoms. The van der Waals surface area contributed by atoms with Crippen LogP contribution in [0, 0.1) is 0 Å². The second-order valence-electron chi connectivity index (χ2n) is 0.247. The molecule has 0 saturated carbocycles. The van der Waals surface area contributed by atoms with Gasteiger partial charge in [0.2, 0.25) is 0 Å². The quantitative estimate of drug-likeness (QED) is 0.393. The Morgan fingerprint density at radius 1 is 0.833 bits per heavy atom. The molecule has 0 bridgehead atoms. The summed E-state index contributed by atoms with van der Waals surface area (Å²) in [5.74, 6) is 0. The molecule has 0 rings (SSSR count). The summed E-state index contributed by atoms with van der Waals surface area (Å²) in [5, 5.41) is 0. The van der Waals surface area contributed by atoms with Crippen molar-refractivity contribution in [2.75, 3.05) is 0 Å².